The Labute approximate surface area is 179 Å². The van der Waals surface area contributed by atoms with Gasteiger partial charge in [-0.1, -0.05) is 11.6 Å². The molecular weight excluding hydrogens is 408 g/mol. The Kier molecular flexibility index (Phi) is 6.03. The molecule has 1 aromatic carbocycles. The summed E-state index contributed by atoms with van der Waals surface area (Å²) in [5.41, 5.74) is 0.761. The first kappa shape index (κ1) is 20.4. The van der Waals surface area contributed by atoms with Gasteiger partial charge in [-0.3, -0.25) is 9.59 Å². The molecule has 158 valence electrons. The van der Waals surface area contributed by atoms with Gasteiger partial charge in [0.1, 0.15) is 6.10 Å². The fourth-order valence-corrected chi connectivity index (χ4v) is 4.02. The quantitative estimate of drug-likeness (QED) is 0.724. The molecule has 0 N–H and O–H groups in total. The van der Waals surface area contributed by atoms with E-state index in [9.17, 15) is 9.59 Å². The molecular formula is C21H23ClN4O4. The van der Waals surface area contributed by atoms with Gasteiger partial charge in [0.05, 0.1) is 19.6 Å². The SMILES string of the molecule is COc1nccc(OC2CCCN(C(=O)C3CC(=O)N(c4ccc(Cl)cc4)C3)C2)n1. The third kappa shape index (κ3) is 4.48. The molecule has 2 aliphatic heterocycles. The lowest BCUT2D eigenvalue weighted by Crippen LogP contribution is -2.47. The second-order valence-electron chi connectivity index (χ2n) is 7.43. The summed E-state index contributed by atoms with van der Waals surface area (Å²) in [7, 11) is 1.50. The number of carbonyl (C=O) groups is 2. The fraction of sp³-hybridized carbons (Fsp3) is 0.429. The topological polar surface area (TPSA) is 84.9 Å². The normalized spacial score (nSPS) is 21.6. The summed E-state index contributed by atoms with van der Waals surface area (Å²) in [6, 6.07) is 9.00. The fourth-order valence-electron chi connectivity index (χ4n) is 3.90. The van der Waals surface area contributed by atoms with Crippen LogP contribution in [-0.4, -0.2) is 59.5 Å². The van der Waals surface area contributed by atoms with Crippen molar-refractivity contribution in [3.63, 3.8) is 0 Å². The highest BCUT2D eigenvalue weighted by molar-refractivity contribution is 6.30. The molecule has 2 aliphatic rings. The minimum Gasteiger partial charge on any atom is -0.472 e. The third-order valence-electron chi connectivity index (χ3n) is 5.38. The molecule has 0 spiro atoms. The number of benzene rings is 1. The Morgan fingerprint density at radius 2 is 2.00 bits per heavy atom. The van der Waals surface area contributed by atoms with Crippen LogP contribution in [0.5, 0.6) is 11.9 Å². The number of piperidine rings is 1. The maximum atomic E-state index is 13.1. The molecule has 8 nitrogen and oxygen atoms in total. The predicted octanol–water partition coefficient (Wildman–Crippen LogP) is 2.56. The number of carbonyl (C=O) groups excluding carboxylic acids is 2. The van der Waals surface area contributed by atoms with Crippen molar-refractivity contribution in [3.8, 4) is 11.9 Å². The van der Waals surface area contributed by atoms with Crippen molar-refractivity contribution in [1.29, 1.82) is 0 Å². The summed E-state index contributed by atoms with van der Waals surface area (Å²) in [6.07, 6.45) is 3.29. The molecule has 0 radical (unpaired) electrons. The van der Waals surface area contributed by atoms with Crippen LogP contribution in [0.3, 0.4) is 0 Å². The Bertz CT molecular complexity index is 923. The van der Waals surface area contributed by atoms with Crippen LogP contribution in [0, 0.1) is 5.92 Å². The van der Waals surface area contributed by atoms with Crippen LogP contribution >= 0.6 is 11.6 Å². The molecule has 2 saturated heterocycles. The molecule has 9 heteroatoms. The highest BCUT2D eigenvalue weighted by Gasteiger charge is 2.38. The Morgan fingerprint density at radius 3 is 2.77 bits per heavy atom. The largest absolute Gasteiger partial charge is 0.472 e. The van der Waals surface area contributed by atoms with E-state index in [1.54, 1.807) is 46.3 Å². The lowest BCUT2D eigenvalue weighted by molar-refractivity contribution is -0.138. The van der Waals surface area contributed by atoms with E-state index in [-0.39, 0.29) is 36.3 Å². The maximum absolute atomic E-state index is 13.1. The van der Waals surface area contributed by atoms with Crippen LogP contribution < -0.4 is 14.4 Å². The average molecular weight is 431 g/mol. The minimum atomic E-state index is -0.355. The zero-order valence-electron chi connectivity index (χ0n) is 16.7. The highest BCUT2D eigenvalue weighted by atomic mass is 35.5. The van der Waals surface area contributed by atoms with Gasteiger partial charge in [-0.15, -0.1) is 0 Å². The first-order valence-corrected chi connectivity index (χ1v) is 10.3. The summed E-state index contributed by atoms with van der Waals surface area (Å²) in [5.74, 6) is 0.0131. The third-order valence-corrected chi connectivity index (χ3v) is 5.63. The van der Waals surface area contributed by atoms with Crippen molar-refractivity contribution >= 4 is 29.1 Å². The van der Waals surface area contributed by atoms with Crippen LogP contribution in [0.1, 0.15) is 19.3 Å². The lowest BCUT2D eigenvalue weighted by atomic mass is 10.0. The van der Waals surface area contributed by atoms with E-state index in [0.717, 1.165) is 18.5 Å². The summed E-state index contributed by atoms with van der Waals surface area (Å²) < 4.78 is 11.0. The van der Waals surface area contributed by atoms with Crippen molar-refractivity contribution in [1.82, 2.24) is 14.9 Å². The Morgan fingerprint density at radius 1 is 1.20 bits per heavy atom. The lowest BCUT2D eigenvalue weighted by Gasteiger charge is -2.34. The molecule has 1 aromatic heterocycles. The second-order valence-corrected chi connectivity index (χ2v) is 7.87. The van der Waals surface area contributed by atoms with E-state index in [1.807, 2.05) is 0 Å². The predicted molar refractivity (Wildman–Crippen MR) is 111 cm³/mol. The average Bonchev–Trinajstić information content (AvgIpc) is 3.15. The van der Waals surface area contributed by atoms with Crippen molar-refractivity contribution in [2.75, 3.05) is 31.6 Å². The summed E-state index contributed by atoms with van der Waals surface area (Å²) in [5, 5.41) is 0.610. The van der Waals surface area contributed by atoms with Gasteiger partial charge in [-0.2, -0.15) is 4.98 Å². The first-order chi connectivity index (χ1) is 14.5. The van der Waals surface area contributed by atoms with Gasteiger partial charge >= 0.3 is 6.01 Å². The number of likely N-dealkylation sites (tertiary alicyclic amines) is 1. The number of hydrogen-bond acceptors (Lipinski definition) is 6. The van der Waals surface area contributed by atoms with Gasteiger partial charge in [-0.05, 0) is 37.1 Å². The van der Waals surface area contributed by atoms with Gasteiger partial charge in [0.25, 0.3) is 0 Å². The number of anilines is 1. The molecule has 30 heavy (non-hydrogen) atoms. The molecule has 0 aliphatic carbocycles. The number of methoxy groups -OCH3 is 1. The Balaban J connectivity index is 1.38. The van der Waals surface area contributed by atoms with Gasteiger partial charge in [0, 0.05) is 42.5 Å². The van der Waals surface area contributed by atoms with Crippen LogP contribution in [0.15, 0.2) is 36.5 Å². The second kappa shape index (κ2) is 8.87. The van der Waals surface area contributed by atoms with Crippen molar-refractivity contribution in [2.45, 2.75) is 25.4 Å². The first-order valence-electron chi connectivity index (χ1n) is 9.92. The van der Waals surface area contributed by atoms with E-state index >= 15 is 0 Å². The van der Waals surface area contributed by atoms with Crippen molar-refractivity contribution in [3.05, 3.63) is 41.6 Å². The molecule has 0 saturated carbocycles. The molecule has 4 rings (SSSR count). The van der Waals surface area contributed by atoms with Gasteiger partial charge in [-0.25, -0.2) is 4.98 Å². The summed E-state index contributed by atoms with van der Waals surface area (Å²) >= 11 is 5.93. The number of rotatable bonds is 5. The van der Waals surface area contributed by atoms with E-state index in [4.69, 9.17) is 21.1 Å². The maximum Gasteiger partial charge on any atom is 0.319 e. The van der Waals surface area contributed by atoms with Gasteiger partial charge in [0.2, 0.25) is 17.7 Å². The molecule has 2 fully saturated rings. The van der Waals surface area contributed by atoms with E-state index in [1.165, 1.54) is 7.11 Å². The number of hydrogen-bond donors (Lipinski definition) is 0. The number of ether oxygens (including phenoxy) is 2. The molecule has 3 heterocycles. The highest BCUT2D eigenvalue weighted by Crippen LogP contribution is 2.28. The zero-order valence-corrected chi connectivity index (χ0v) is 17.4. The number of nitrogens with zero attached hydrogens (tertiary/aromatic N) is 4. The van der Waals surface area contributed by atoms with E-state index in [2.05, 4.69) is 9.97 Å². The Hall–Kier alpha value is -2.87. The van der Waals surface area contributed by atoms with Crippen LogP contribution in [0.25, 0.3) is 0 Å². The van der Waals surface area contributed by atoms with Crippen LogP contribution in [-0.2, 0) is 9.59 Å². The smallest absolute Gasteiger partial charge is 0.319 e. The van der Waals surface area contributed by atoms with Crippen molar-refractivity contribution < 1.29 is 19.1 Å². The molecule has 2 unspecified atom stereocenters. The summed E-state index contributed by atoms with van der Waals surface area (Å²) in [4.78, 5) is 37.2. The van der Waals surface area contributed by atoms with Crippen molar-refractivity contribution in [2.24, 2.45) is 5.92 Å². The molecule has 2 amide bonds. The molecule has 2 atom stereocenters. The monoisotopic (exact) mass is 430 g/mol. The van der Waals surface area contributed by atoms with Gasteiger partial charge < -0.3 is 19.3 Å². The molecule has 0 bridgehead atoms. The van der Waals surface area contributed by atoms with Crippen LogP contribution in [0.4, 0.5) is 5.69 Å². The van der Waals surface area contributed by atoms with E-state index < -0.39 is 0 Å². The number of halogens is 1. The van der Waals surface area contributed by atoms with Gasteiger partial charge in [0.15, 0.2) is 0 Å². The summed E-state index contributed by atoms with van der Waals surface area (Å²) in [6.45, 7) is 1.51. The van der Waals surface area contributed by atoms with E-state index in [0.29, 0.717) is 30.5 Å². The number of amides is 2. The standard InChI is InChI=1S/C21H23ClN4O4/c1-29-21-23-9-8-18(24-21)30-17-3-2-10-25(13-17)20(28)14-11-19(27)26(12-14)16-6-4-15(22)5-7-16/h4-9,14,17H,2-3,10-13H2,1H3. The van der Waals surface area contributed by atoms with Crippen LogP contribution in [0.2, 0.25) is 5.02 Å². The molecule has 2 aromatic rings. The number of aromatic nitrogens is 2. The zero-order chi connectivity index (χ0) is 21.1. The minimum absolute atomic E-state index is 0.00613.